The van der Waals surface area contributed by atoms with Crippen LogP contribution in [0.1, 0.15) is 63.5 Å². The fourth-order valence-corrected chi connectivity index (χ4v) is 5.26. The first-order valence-corrected chi connectivity index (χ1v) is 13.7. The van der Waals surface area contributed by atoms with Crippen LogP contribution in [0.3, 0.4) is 0 Å². The Bertz CT molecular complexity index is 1600. The summed E-state index contributed by atoms with van der Waals surface area (Å²) in [6.07, 6.45) is 1.61. The minimum Gasteiger partial charge on any atom is -0.486 e. The summed E-state index contributed by atoms with van der Waals surface area (Å²) >= 11 is 0. The number of aromatic amines is 1. The van der Waals surface area contributed by atoms with E-state index < -0.39 is 0 Å². The van der Waals surface area contributed by atoms with Crippen LogP contribution >= 0.6 is 0 Å². The van der Waals surface area contributed by atoms with Crippen LogP contribution in [0.4, 0.5) is 0 Å². The molecule has 2 aliphatic heterocycles. The smallest absolute Gasteiger partial charge is 0.252 e. The number of pyridine rings is 1. The molecule has 0 bridgehead atoms. The molecule has 0 unspecified atom stereocenters. The van der Waals surface area contributed by atoms with Crippen LogP contribution < -0.4 is 24.5 Å². The molecule has 1 N–H and O–H groups in total. The average molecular weight is 547 g/mol. The van der Waals surface area contributed by atoms with Crippen molar-refractivity contribution in [2.75, 3.05) is 20.0 Å². The van der Waals surface area contributed by atoms with Crippen LogP contribution in [-0.4, -0.2) is 50.1 Å². The monoisotopic (exact) mass is 546 g/mol. The van der Waals surface area contributed by atoms with Crippen molar-refractivity contribution in [1.29, 1.82) is 0 Å². The maximum atomic E-state index is 13.4. The number of rotatable bonds is 9. The Labute approximate surface area is 232 Å². The summed E-state index contributed by atoms with van der Waals surface area (Å²) in [5, 5.41) is 13.8. The van der Waals surface area contributed by atoms with Crippen molar-refractivity contribution >= 4 is 10.9 Å². The maximum Gasteiger partial charge on any atom is 0.252 e. The molecule has 0 saturated carbocycles. The first kappa shape index (κ1) is 26.1. The van der Waals surface area contributed by atoms with E-state index in [0.29, 0.717) is 48.9 Å². The number of hydrogen-bond donors (Lipinski definition) is 1. The second-order valence-corrected chi connectivity index (χ2v) is 10.8. The van der Waals surface area contributed by atoms with E-state index in [2.05, 4.69) is 53.1 Å². The summed E-state index contributed by atoms with van der Waals surface area (Å²) in [4.78, 5) is 18.7. The standard InChI is InChI=1S/C29H34N6O5/c1-5-22(27-31-32-33-35(27)29(3,4)6-2)34(15-18-7-8-23-24(11-18)40-17-39-23)16-20-12-19-13-25-26(38-10-9-37-25)14-21(19)30-28(20)36/h7-8,11-14,22H,5-6,9-10,15-17H2,1-4H3,(H,30,36)/t22-/m1/s1. The molecule has 0 spiro atoms. The van der Waals surface area contributed by atoms with Crippen molar-refractivity contribution < 1.29 is 18.9 Å². The van der Waals surface area contributed by atoms with Crippen molar-refractivity contribution in [2.24, 2.45) is 0 Å². The van der Waals surface area contributed by atoms with E-state index in [1.54, 1.807) is 0 Å². The number of nitrogens with one attached hydrogen (secondary N) is 1. The number of nitrogens with zero attached hydrogens (tertiary/aromatic N) is 5. The lowest BCUT2D eigenvalue weighted by Crippen LogP contribution is -2.36. The second-order valence-electron chi connectivity index (χ2n) is 10.8. The van der Waals surface area contributed by atoms with Gasteiger partial charge < -0.3 is 23.9 Å². The van der Waals surface area contributed by atoms with Crippen molar-refractivity contribution in [3.63, 3.8) is 0 Å². The Balaban J connectivity index is 1.40. The molecule has 0 radical (unpaired) electrons. The first-order valence-electron chi connectivity index (χ1n) is 13.7. The summed E-state index contributed by atoms with van der Waals surface area (Å²) in [6, 6.07) is 11.5. The molecule has 11 nitrogen and oxygen atoms in total. The summed E-state index contributed by atoms with van der Waals surface area (Å²) in [5.41, 5.74) is 1.97. The van der Waals surface area contributed by atoms with E-state index in [4.69, 9.17) is 18.9 Å². The van der Waals surface area contributed by atoms with Gasteiger partial charge in [-0.1, -0.05) is 19.9 Å². The fourth-order valence-electron chi connectivity index (χ4n) is 5.26. The van der Waals surface area contributed by atoms with Crippen LogP contribution in [0, 0.1) is 0 Å². The Morgan fingerprint density at radius 3 is 2.50 bits per heavy atom. The SMILES string of the molecule is CC[C@H](c1nnnn1C(C)(C)CC)N(Cc1ccc2c(c1)OCO2)Cc1cc2cc3c(cc2[nH]c1=O)OCCO3. The molecule has 11 heteroatoms. The Hall–Kier alpha value is -4.12. The number of benzene rings is 2. The van der Waals surface area contributed by atoms with Gasteiger partial charge in [0.05, 0.1) is 17.1 Å². The van der Waals surface area contributed by atoms with Gasteiger partial charge in [0.25, 0.3) is 5.56 Å². The quantitative estimate of drug-likeness (QED) is 0.328. The van der Waals surface area contributed by atoms with E-state index >= 15 is 0 Å². The molecular weight excluding hydrogens is 512 g/mol. The van der Waals surface area contributed by atoms with E-state index in [1.165, 1.54) is 0 Å². The van der Waals surface area contributed by atoms with Gasteiger partial charge in [-0.05, 0) is 66.9 Å². The number of tetrazole rings is 1. The zero-order chi connectivity index (χ0) is 27.9. The fraction of sp³-hybridized carbons (Fsp3) is 0.448. The highest BCUT2D eigenvalue weighted by Crippen LogP contribution is 2.36. The molecule has 40 heavy (non-hydrogen) atoms. The lowest BCUT2D eigenvalue weighted by molar-refractivity contribution is 0.150. The topological polar surface area (TPSA) is 117 Å². The average Bonchev–Trinajstić information content (AvgIpc) is 3.63. The molecule has 0 amide bonds. The second kappa shape index (κ2) is 10.5. The van der Waals surface area contributed by atoms with Crippen molar-refractivity contribution in [3.8, 4) is 23.0 Å². The largest absolute Gasteiger partial charge is 0.486 e. The van der Waals surface area contributed by atoms with Gasteiger partial charge in [0, 0.05) is 30.1 Å². The third-order valence-corrected chi connectivity index (χ3v) is 7.84. The molecule has 4 aromatic rings. The van der Waals surface area contributed by atoms with Crippen molar-refractivity contribution in [1.82, 2.24) is 30.1 Å². The van der Waals surface area contributed by atoms with Crippen LogP contribution in [0.25, 0.3) is 10.9 Å². The number of aromatic nitrogens is 5. The normalized spacial score (nSPS) is 15.1. The molecule has 1 atom stereocenters. The van der Waals surface area contributed by atoms with Gasteiger partial charge in [0.1, 0.15) is 13.2 Å². The molecular formula is C29H34N6O5. The highest BCUT2D eigenvalue weighted by Gasteiger charge is 2.31. The highest BCUT2D eigenvalue weighted by molar-refractivity contribution is 5.83. The van der Waals surface area contributed by atoms with E-state index in [0.717, 1.165) is 41.1 Å². The summed E-state index contributed by atoms with van der Waals surface area (Å²) < 4.78 is 24.6. The number of H-pyrrole nitrogens is 1. The Morgan fingerprint density at radius 1 is 0.975 bits per heavy atom. The molecule has 2 aliphatic rings. The summed E-state index contributed by atoms with van der Waals surface area (Å²) in [6.45, 7) is 10.6. The molecule has 4 heterocycles. The predicted octanol–water partition coefficient (Wildman–Crippen LogP) is 4.31. The maximum absolute atomic E-state index is 13.4. The van der Waals surface area contributed by atoms with Crippen molar-refractivity contribution in [3.05, 3.63) is 63.7 Å². The van der Waals surface area contributed by atoms with Gasteiger partial charge in [-0.3, -0.25) is 9.69 Å². The molecule has 0 aliphatic carbocycles. The third-order valence-electron chi connectivity index (χ3n) is 7.84. The van der Waals surface area contributed by atoms with Crippen molar-refractivity contribution in [2.45, 2.75) is 65.2 Å². The third kappa shape index (κ3) is 4.85. The molecule has 0 saturated heterocycles. The number of fused-ring (bicyclic) bond motifs is 3. The Morgan fingerprint density at radius 2 is 1.73 bits per heavy atom. The zero-order valence-corrected chi connectivity index (χ0v) is 23.3. The highest BCUT2D eigenvalue weighted by atomic mass is 16.7. The minimum absolute atomic E-state index is 0.150. The van der Waals surface area contributed by atoms with Crippen LogP contribution in [0.2, 0.25) is 0 Å². The lowest BCUT2D eigenvalue weighted by Gasteiger charge is -2.33. The number of ether oxygens (including phenoxy) is 4. The van der Waals surface area contributed by atoms with Gasteiger partial charge in [0.2, 0.25) is 6.79 Å². The number of hydrogen-bond acceptors (Lipinski definition) is 9. The first-order chi connectivity index (χ1) is 19.4. The van der Waals surface area contributed by atoms with Gasteiger partial charge >= 0.3 is 0 Å². The van der Waals surface area contributed by atoms with Gasteiger partial charge in [-0.15, -0.1) is 5.10 Å². The zero-order valence-electron chi connectivity index (χ0n) is 23.3. The Kier molecular flexibility index (Phi) is 6.83. The van der Waals surface area contributed by atoms with E-state index in [-0.39, 0.29) is 23.9 Å². The van der Waals surface area contributed by atoms with Crippen LogP contribution in [-0.2, 0) is 18.6 Å². The molecule has 0 fully saturated rings. The summed E-state index contributed by atoms with van der Waals surface area (Å²) in [5.74, 6) is 3.55. The van der Waals surface area contributed by atoms with Gasteiger partial charge in [0.15, 0.2) is 28.8 Å². The van der Waals surface area contributed by atoms with Gasteiger partial charge in [-0.2, -0.15) is 0 Å². The minimum atomic E-state index is -0.266. The molecule has 6 rings (SSSR count). The van der Waals surface area contributed by atoms with Crippen LogP contribution in [0.15, 0.2) is 41.2 Å². The lowest BCUT2D eigenvalue weighted by atomic mass is 10.0. The van der Waals surface area contributed by atoms with Crippen LogP contribution in [0.5, 0.6) is 23.0 Å². The molecule has 2 aromatic carbocycles. The molecule has 2 aromatic heterocycles. The van der Waals surface area contributed by atoms with Gasteiger partial charge in [-0.25, -0.2) is 4.68 Å². The van der Waals surface area contributed by atoms with E-state index in [1.807, 2.05) is 41.1 Å². The van der Waals surface area contributed by atoms with E-state index in [9.17, 15) is 4.79 Å². The predicted molar refractivity (Wildman–Crippen MR) is 148 cm³/mol. The summed E-state index contributed by atoms with van der Waals surface area (Å²) in [7, 11) is 0. The molecule has 210 valence electrons.